The van der Waals surface area contributed by atoms with Crippen molar-refractivity contribution in [2.24, 2.45) is 0 Å². The second-order valence-electron chi connectivity index (χ2n) is 4.04. The average Bonchev–Trinajstić information content (AvgIpc) is 2.39. The molecule has 1 aliphatic rings. The quantitative estimate of drug-likeness (QED) is 0.674. The predicted octanol–water partition coefficient (Wildman–Crippen LogP) is 0.0150. The van der Waals surface area contributed by atoms with E-state index in [-0.39, 0.29) is 0 Å². The van der Waals surface area contributed by atoms with E-state index >= 15 is 0 Å². The van der Waals surface area contributed by atoms with Crippen LogP contribution in [0.3, 0.4) is 0 Å². The Kier molecular flexibility index (Phi) is 3.53. The van der Waals surface area contributed by atoms with E-state index in [9.17, 15) is 4.79 Å². The van der Waals surface area contributed by atoms with E-state index in [2.05, 4.69) is 31.6 Å². The highest BCUT2D eigenvalue weighted by molar-refractivity contribution is 5.87. The number of anilines is 1. The highest BCUT2D eigenvalue weighted by Gasteiger charge is 2.17. The lowest BCUT2D eigenvalue weighted by Gasteiger charge is -2.33. The van der Waals surface area contributed by atoms with Gasteiger partial charge in [-0.2, -0.15) is 0 Å². The highest BCUT2D eigenvalue weighted by Crippen LogP contribution is 2.13. The lowest BCUT2D eigenvalue weighted by molar-refractivity contribution is 0.0594. The van der Waals surface area contributed by atoms with Gasteiger partial charge in [0.2, 0.25) is 0 Å². The molecule has 6 nitrogen and oxygen atoms in total. The summed E-state index contributed by atoms with van der Waals surface area (Å²) in [5.41, 5.74) is 0.302. The number of rotatable bonds is 2. The van der Waals surface area contributed by atoms with Gasteiger partial charge in [0.1, 0.15) is 12.1 Å². The Morgan fingerprint density at radius 2 is 2.00 bits per heavy atom. The number of carbonyl (C=O) groups excluding carboxylic acids is 1. The maximum absolute atomic E-state index is 11.4. The number of aromatic nitrogens is 2. The van der Waals surface area contributed by atoms with Crippen molar-refractivity contribution in [3.63, 3.8) is 0 Å². The molecule has 0 atom stereocenters. The Morgan fingerprint density at radius 3 is 2.65 bits per heavy atom. The summed E-state index contributed by atoms with van der Waals surface area (Å²) in [4.78, 5) is 23.9. The van der Waals surface area contributed by atoms with Gasteiger partial charge in [-0.25, -0.2) is 14.8 Å². The van der Waals surface area contributed by atoms with Gasteiger partial charge in [0.05, 0.1) is 7.11 Å². The first kappa shape index (κ1) is 11.8. The van der Waals surface area contributed by atoms with Crippen LogP contribution in [0.15, 0.2) is 12.4 Å². The molecule has 0 unspecified atom stereocenters. The van der Waals surface area contributed by atoms with Gasteiger partial charge in [0, 0.05) is 32.2 Å². The third-order valence-corrected chi connectivity index (χ3v) is 2.87. The van der Waals surface area contributed by atoms with E-state index in [1.807, 2.05) is 0 Å². The van der Waals surface area contributed by atoms with E-state index < -0.39 is 5.97 Å². The van der Waals surface area contributed by atoms with Gasteiger partial charge in [-0.15, -0.1) is 0 Å². The standard InChI is InChI=1S/C11H16N4O2/c1-14-3-5-15(6-4-14)10-7-9(11(16)17-2)12-8-13-10/h7-8H,3-6H2,1-2H3. The van der Waals surface area contributed by atoms with Gasteiger partial charge in [-0.1, -0.05) is 0 Å². The van der Waals surface area contributed by atoms with Gasteiger partial charge < -0.3 is 14.5 Å². The van der Waals surface area contributed by atoms with Crippen LogP contribution in [-0.2, 0) is 4.74 Å². The molecular weight excluding hydrogens is 220 g/mol. The van der Waals surface area contributed by atoms with Crippen molar-refractivity contribution in [3.8, 4) is 0 Å². The first-order valence-electron chi connectivity index (χ1n) is 5.54. The fourth-order valence-electron chi connectivity index (χ4n) is 1.77. The number of piperazine rings is 1. The van der Waals surface area contributed by atoms with Gasteiger partial charge in [0.15, 0.2) is 5.69 Å². The maximum atomic E-state index is 11.4. The molecule has 1 aliphatic heterocycles. The van der Waals surface area contributed by atoms with E-state index in [4.69, 9.17) is 0 Å². The molecule has 1 saturated heterocycles. The molecule has 0 spiro atoms. The lowest BCUT2D eigenvalue weighted by atomic mass is 10.3. The molecule has 1 fully saturated rings. The fourth-order valence-corrected chi connectivity index (χ4v) is 1.77. The van der Waals surface area contributed by atoms with Crippen LogP contribution in [0.1, 0.15) is 10.5 Å². The Bertz CT molecular complexity index is 402. The van der Waals surface area contributed by atoms with Crippen LogP contribution < -0.4 is 4.90 Å². The van der Waals surface area contributed by atoms with Crippen molar-refractivity contribution in [1.82, 2.24) is 14.9 Å². The van der Waals surface area contributed by atoms with Crippen LogP contribution >= 0.6 is 0 Å². The van der Waals surface area contributed by atoms with Crippen molar-refractivity contribution >= 4 is 11.8 Å². The minimum absolute atomic E-state index is 0.302. The first-order valence-corrected chi connectivity index (χ1v) is 5.54. The molecule has 92 valence electrons. The van der Waals surface area contributed by atoms with E-state index in [0.29, 0.717) is 5.69 Å². The molecule has 0 aromatic carbocycles. The van der Waals surface area contributed by atoms with Crippen molar-refractivity contribution in [2.75, 3.05) is 45.2 Å². The van der Waals surface area contributed by atoms with Crippen LogP contribution in [0.2, 0.25) is 0 Å². The molecule has 0 radical (unpaired) electrons. The molecule has 2 rings (SSSR count). The zero-order valence-electron chi connectivity index (χ0n) is 10.1. The zero-order chi connectivity index (χ0) is 12.3. The van der Waals surface area contributed by atoms with Crippen molar-refractivity contribution in [3.05, 3.63) is 18.1 Å². The normalized spacial score (nSPS) is 16.9. The second-order valence-corrected chi connectivity index (χ2v) is 4.04. The van der Waals surface area contributed by atoms with Crippen molar-refractivity contribution in [2.45, 2.75) is 0 Å². The molecule has 1 aromatic rings. The molecular formula is C11H16N4O2. The SMILES string of the molecule is COC(=O)c1cc(N2CCN(C)CC2)ncn1. The van der Waals surface area contributed by atoms with E-state index in [1.165, 1.54) is 13.4 Å². The van der Waals surface area contributed by atoms with Crippen LogP contribution in [-0.4, -0.2) is 61.2 Å². The topological polar surface area (TPSA) is 58.6 Å². The number of carbonyl (C=O) groups is 1. The lowest BCUT2D eigenvalue weighted by Crippen LogP contribution is -2.44. The number of ether oxygens (including phenoxy) is 1. The number of likely N-dealkylation sites (N-methyl/N-ethyl adjacent to an activating group) is 1. The van der Waals surface area contributed by atoms with Crippen LogP contribution in [0.4, 0.5) is 5.82 Å². The monoisotopic (exact) mass is 236 g/mol. The zero-order valence-corrected chi connectivity index (χ0v) is 10.1. The summed E-state index contributed by atoms with van der Waals surface area (Å²) in [6, 6.07) is 1.68. The number of methoxy groups -OCH3 is 1. The summed E-state index contributed by atoms with van der Waals surface area (Å²) < 4.78 is 4.64. The predicted molar refractivity (Wildman–Crippen MR) is 63.1 cm³/mol. The number of nitrogens with zero attached hydrogens (tertiary/aromatic N) is 4. The van der Waals surface area contributed by atoms with Crippen LogP contribution in [0, 0.1) is 0 Å². The van der Waals surface area contributed by atoms with Gasteiger partial charge >= 0.3 is 5.97 Å². The summed E-state index contributed by atoms with van der Waals surface area (Å²) in [5.74, 6) is 0.358. The van der Waals surface area contributed by atoms with Gasteiger partial charge in [-0.3, -0.25) is 0 Å². The van der Waals surface area contributed by atoms with Crippen LogP contribution in [0.25, 0.3) is 0 Å². The third kappa shape index (κ3) is 2.71. The molecule has 6 heteroatoms. The molecule has 0 saturated carbocycles. The smallest absolute Gasteiger partial charge is 0.356 e. The number of esters is 1. The minimum atomic E-state index is -0.428. The minimum Gasteiger partial charge on any atom is -0.464 e. The summed E-state index contributed by atoms with van der Waals surface area (Å²) in [6.07, 6.45) is 1.40. The number of hydrogen-bond donors (Lipinski definition) is 0. The Labute approximate surface area is 100 Å². The Morgan fingerprint density at radius 1 is 1.29 bits per heavy atom. The first-order chi connectivity index (χ1) is 8.20. The molecule has 0 aliphatic carbocycles. The highest BCUT2D eigenvalue weighted by atomic mass is 16.5. The molecule has 0 N–H and O–H groups in total. The number of hydrogen-bond acceptors (Lipinski definition) is 6. The van der Waals surface area contributed by atoms with Crippen molar-refractivity contribution in [1.29, 1.82) is 0 Å². The third-order valence-electron chi connectivity index (χ3n) is 2.87. The van der Waals surface area contributed by atoms with Crippen LogP contribution in [0.5, 0.6) is 0 Å². The second kappa shape index (κ2) is 5.09. The van der Waals surface area contributed by atoms with Crippen molar-refractivity contribution < 1.29 is 9.53 Å². The summed E-state index contributed by atoms with van der Waals surface area (Å²) in [5, 5.41) is 0. The Balaban J connectivity index is 2.13. The summed E-state index contributed by atoms with van der Waals surface area (Å²) >= 11 is 0. The van der Waals surface area contributed by atoms with Gasteiger partial charge in [-0.05, 0) is 7.05 Å². The van der Waals surface area contributed by atoms with Gasteiger partial charge in [0.25, 0.3) is 0 Å². The summed E-state index contributed by atoms with van der Waals surface area (Å²) in [7, 11) is 3.44. The van der Waals surface area contributed by atoms with E-state index in [0.717, 1.165) is 32.0 Å². The summed E-state index contributed by atoms with van der Waals surface area (Å²) in [6.45, 7) is 3.82. The average molecular weight is 236 g/mol. The largest absolute Gasteiger partial charge is 0.464 e. The molecule has 17 heavy (non-hydrogen) atoms. The maximum Gasteiger partial charge on any atom is 0.356 e. The molecule has 0 bridgehead atoms. The molecule has 2 heterocycles. The van der Waals surface area contributed by atoms with E-state index in [1.54, 1.807) is 6.07 Å². The molecule has 1 aromatic heterocycles. The Hall–Kier alpha value is -1.69. The molecule has 0 amide bonds. The fraction of sp³-hybridized carbons (Fsp3) is 0.545.